The molecule has 0 atom stereocenters. The Kier molecular flexibility index (Phi) is 7.34. The van der Waals surface area contributed by atoms with E-state index in [-0.39, 0.29) is 20.1 Å². The second kappa shape index (κ2) is 12.0. The minimum Gasteiger partial charge on any atom is -0.500 e. The van der Waals surface area contributed by atoms with E-state index in [1.807, 2.05) is 79.0 Å². The van der Waals surface area contributed by atoms with E-state index < -0.39 is 0 Å². The van der Waals surface area contributed by atoms with Gasteiger partial charge in [-0.1, -0.05) is 89.8 Å². The molecule has 0 aliphatic rings. The van der Waals surface area contributed by atoms with Gasteiger partial charge in [0, 0.05) is 59.7 Å². The van der Waals surface area contributed by atoms with Gasteiger partial charge in [-0.15, -0.1) is 54.1 Å². The van der Waals surface area contributed by atoms with Gasteiger partial charge in [-0.05, 0) is 40.1 Å². The van der Waals surface area contributed by atoms with E-state index in [1.165, 1.54) is 10.8 Å². The number of benzene rings is 6. The van der Waals surface area contributed by atoms with Gasteiger partial charge in [-0.2, -0.15) is 0 Å². The molecule has 0 unspecified atom stereocenters. The van der Waals surface area contributed by atoms with E-state index in [0.717, 1.165) is 77.2 Å². The van der Waals surface area contributed by atoms with Crippen LogP contribution in [0.15, 0.2) is 155 Å². The number of fused-ring (bicyclic) bond motifs is 10. The Morgan fingerprint density at radius 1 is 0.468 bits per heavy atom. The fraction of sp³-hybridized carbons (Fsp3) is 0. The van der Waals surface area contributed by atoms with Gasteiger partial charge in [0.1, 0.15) is 16.7 Å². The summed E-state index contributed by atoms with van der Waals surface area (Å²) in [7, 11) is 0. The molecular weight excluding hydrogens is 757 g/mol. The summed E-state index contributed by atoms with van der Waals surface area (Å²) in [5.41, 5.74) is 6.83. The van der Waals surface area contributed by atoms with Crippen molar-refractivity contribution in [3.8, 4) is 22.5 Å². The third-order valence-electron chi connectivity index (χ3n) is 8.49. The summed E-state index contributed by atoms with van der Waals surface area (Å²) in [5, 5.41) is 8.92. The normalized spacial score (nSPS) is 11.2. The molecule has 47 heavy (non-hydrogen) atoms. The van der Waals surface area contributed by atoms with Crippen LogP contribution >= 0.6 is 0 Å². The molecule has 0 aliphatic carbocycles. The van der Waals surface area contributed by atoms with Crippen molar-refractivity contribution in [1.82, 2.24) is 9.97 Å². The first kappa shape index (κ1) is 28.8. The fourth-order valence-electron chi connectivity index (χ4n) is 6.37. The molecule has 0 saturated heterocycles. The first-order valence-corrected chi connectivity index (χ1v) is 15.2. The average Bonchev–Trinajstić information content (AvgIpc) is 3.72. The van der Waals surface area contributed by atoms with Crippen LogP contribution in [0, 0.1) is 12.1 Å². The number of hydrogen-bond acceptors (Lipinski definition) is 4. The second-order valence-corrected chi connectivity index (χ2v) is 11.2. The Morgan fingerprint density at radius 3 is 2.06 bits per heavy atom. The Bertz CT molecular complexity index is 2650. The van der Waals surface area contributed by atoms with Crippen LogP contribution in [0.3, 0.4) is 0 Å². The molecule has 5 heteroatoms. The number of nitrogens with zero attached hydrogens (tertiary/aromatic N) is 2. The molecule has 6 aromatic carbocycles. The van der Waals surface area contributed by atoms with Gasteiger partial charge >= 0.3 is 0 Å². The minimum absolute atomic E-state index is 0. The summed E-state index contributed by atoms with van der Waals surface area (Å²) >= 11 is 0. The monoisotopic (exact) mass is 781 g/mol. The molecule has 0 aliphatic heterocycles. The van der Waals surface area contributed by atoms with Crippen molar-refractivity contribution in [1.29, 1.82) is 0 Å². The van der Waals surface area contributed by atoms with Crippen LogP contribution in [-0.2, 0) is 20.1 Å². The largest absolute Gasteiger partial charge is 0.500 e. The Labute approximate surface area is 283 Å². The van der Waals surface area contributed by atoms with E-state index in [1.54, 1.807) is 6.20 Å². The van der Waals surface area contributed by atoms with Crippen molar-refractivity contribution < 1.29 is 28.9 Å². The number of hydrogen-bond donors (Lipinski definition) is 0. The first-order valence-electron chi connectivity index (χ1n) is 15.2. The Balaban J connectivity index is 0.000000212. The van der Waals surface area contributed by atoms with Crippen LogP contribution in [0.4, 0.5) is 0 Å². The number of furan rings is 2. The third kappa shape index (κ3) is 4.88. The minimum atomic E-state index is 0. The Hall–Kier alpha value is -5.61. The summed E-state index contributed by atoms with van der Waals surface area (Å²) in [4.78, 5) is 8.97. The molecule has 0 spiro atoms. The van der Waals surface area contributed by atoms with Gasteiger partial charge in [0.25, 0.3) is 0 Å². The summed E-state index contributed by atoms with van der Waals surface area (Å²) < 4.78 is 12.9. The molecule has 4 nitrogen and oxygen atoms in total. The van der Waals surface area contributed by atoms with Crippen LogP contribution in [0.1, 0.15) is 0 Å². The van der Waals surface area contributed by atoms with Gasteiger partial charge in [-0.25, -0.2) is 0 Å². The summed E-state index contributed by atoms with van der Waals surface area (Å²) in [6, 6.07) is 51.4. The average molecular weight is 781 g/mol. The second-order valence-electron chi connectivity index (χ2n) is 11.2. The third-order valence-corrected chi connectivity index (χ3v) is 8.49. The van der Waals surface area contributed by atoms with Crippen LogP contribution in [-0.4, -0.2) is 9.97 Å². The van der Waals surface area contributed by atoms with Gasteiger partial charge in [0.2, 0.25) is 0 Å². The van der Waals surface area contributed by atoms with Crippen molar-refractivity contribution in [3.05, 3.63) is 158 Å². The first-order chi connectivity index (χ1) is 22.8. The standard InChI is InChI=1S/C31H16NO2.C11H8N.Ir/c1-3-8-20-18(6-1)13-15-26-27(20)24-16-17-32-28(31(24)33-26)25-11-5-10-22-23-14-12-19-7-2-4-9-21(19)29(23)34-30(22)25;1-2-6-10(7-3-1)11-8-4-5-9-12-11;/h1-10,12-17H;1-6,8-9H;/q2*-1;. The zero-order chi connectivity index (χ0) is 30.5. The van der Waals surface area contributed by atoms with E-state index in [4.69, 9.17) is 13.8 Å². The van der Waals surface area contributed by atoms with Crippen molar-refractivity contribution in [2.45, 2.75) is 0 Å². The molecular formula is C42H24IrN2O2-2. The van der Waals surface area contributed by atoms with Crippen molar-refractivity contribution in [2.75, 3.05) is 0 Å². The van der Waals surface area contributed by atoms with Crippen molar-refractivity contribution in [2.24, 2.45) is 0 Å². The van der Waals surface area contributed by atoms with E-state index in [0.29, 0.717) is 0 Å². The van der Waals surface area contributed by atoms with Crippen molar-refractivity contribution >= 4 is 65.4 Å². The number of aromatic nitrogens is 2. The maximum Gasteiger partial charge on any atom is 0.134 e. The van der Waals surface area contributed by atoms with Crippen LogP contribution in [0.2, 0.25) is 0 Å². The zero-order valence-corrected chi connectivity index (χ0v) is 27.3. The maximum atomic E-state index is 6.53. The van der Waals surface area contributed by atoms with E-state index in [2.05, 4.69) is 77.8 Å². The Morgan fingerprint density at radius 2 is 1.23 bits per heavy atom. The number of pyridine rings is 2. The molecule has 1 radical (unpaired) electrons. The summed E-state index contributed by atoms with van der Waals surface area (Å²) in [6.45, 7) is 0. The molecule has 0 saturated carbocycles. The SMILES string of the molecule is [Ir].[c-]1ccc2c(oc3c4ccccc4ccc23)c1-c1nccc2c1oc1ccc3ccccc3c12.[c-]1ccccc1-c1ccccn1. The molecule has 0 bridgehead atoms. The topological polar surface area (TPSA) is 52.1 Å². The molecule has 10 rings (SSSR count). The van der Waals surface area contributed by atoms with Crippen molar-refractivity contribution in [3.63, 3.8) is 0 Å². The summed E-state index contributed by atoms with van der Waals surface area (Å²) in [6.07, 6.45) is 3.63. The van der Waals surface area contributed by atoms with Crippen LogP contribution < -0.4 is 0 Å². The predicted octanol–water partition coefficient (Wildman–Crippen LogP) is 11.2. The smallest absolute Gasteiger partial charge is 0.134 e. The quantitative estimate of drug-likeness (QED) is 0.164. The molecule has 0 fully saturated rings. The van der Waals surface area contributed by atoms with Crippen LogP contribution in [0.25, 0.3) is 87.9 Å². The van der Waals surface area contributed by atoms with E-state index >= 15 is 0 Å². The van der Waals surface area contributed by atoms with Gasteiger partial charge in [0.05, 0.1) is 5.58 Å². The van der Waals surface area contributed by atoms with Gasteiger partial charge in [-0.3, -0.25) is 0 Å². The molecule has 0 amide bonds. The maximum absolute atomic E-state index is 6.53. The van der Waals surface area contributed by atoms with Gasteiger partial charge in [0.15, 0.2) is 0 Å². The number of rotatable bonds is 2. The molecule has 0 N–H and O–H groups in total. The predicted molar refractivity (Wildman–Crippen MR) is 187 cm³/mol. The van der Waals surface area contributed by atoms with E-state index in [9.17, 15) is 0 Å². The molecule has 4 heterocycles. The summed E-state index contributed by atoms with van der Waals surface area (Å²) in [5.74, 6) is 0. The fourth-order valence-corrected chi connectivity index (χ4v) is 6.37. The zero-order valence-electron chi connectivity index (χ0n) is 24.9. The molecule has 225 valence electrons. The molecule has 10 aromatic rings. The van der Waals surface area contributed by atoms with Gasteiger partial charge < -0.3 is 18.8 Å². The van der Waals surface area contributed by atoms with Crippen LogP contribution in [0.5, 0.6) is 0 Å². The molecule has 4 aromatic heterocycles.